The number of aryl methyl sites for hydroxylation is 1. The minimum atomic E-state index is 0.445. The van der Waals surface area contributed by atoms with E-state index in [-0.39, 0.29) is 0 Å². The van der Waals surface area contributed by atoms with Crippen LogP contribution in [0.5, 0.6) is 0 Å². The molecule has 0 radical (unpaired) electrons. The van der Waals surface area contributed by atoms with Gasteiger partial charge in [0, 0.05) is 24.1 Å². The number of hydrogen-bond donors (Lipinski definition) is 1. The summed E-state index contributed by atoms with van der Waals surface area (Å²) in [6, 6.07) is 3.17. The van der Waals surface area contributed by atoms with Gasteiger partial charge in [0.2, 0.25) is 0 Å². The molecule has 0 spiro atoms. The van der Waals surface area contributed by atoms with Crippen molar-refractivity contribution >= 4 is 11.3 Å². The molecule has 1 aromatic rings. The molecular weight excluding hydrogens is 218 g/mol. The monoisotopic (exact) mass is 239 g/mol. The molecule has 16 heavy (non-hydrogen) atoms. The van der Waals surface area contributed by atoms with Crippen LogP contribution in [0.2, 0.25) is 0 Å². The maximum absolute atomic E-state index is 5.29. The summed E-state index contributed by atoms with van der Waals surface area (Å²) < 4.78 is 5.29. The molecule has 2 unspecified atom stereocenters. The lowest BCUT2D eigenvalue weighted by atomic mass is 10.1. The summed E-state index contributed by atoms with van der Waals surface area (Å²) in [7, 11) is 1.79. The molecule has 0 bridgehead atoms. The smallest absolute Gasteiger partial charge is 0.0618 e. The number of nitrogens with one attached hydrogen (secondary N) is 1. The van der Waals surface area contributed by atoms with Crippen molar-refractivity contribution in [3.63, 3.8) is 0 Å². The summed E-state index contributed by atoms with van der Waals surface area (Å²) in [5.41, 5.74) is 1.40. The third kappa shape index (κ3) is 2.84. The van der Waals surface area contributed by atoms with Gasteiger partial charge in [-0.2, -0.15) is 0 Å². The highest BCUT2D eigenvalue weighted by Gasteiger charge is 2.32. The van der Waals surface area contributed by atoms with E-state index in [0.29, 0.717) is 12.1 Å². The largest absolute Gasteiger partial charge is 0.383 e. The van der Waals surface area contributed by atoms with Gasteiger partial charge in [-0.05, 0) is 49.6 Å². The first-order valence-electron chi connectivity index (χ1n) is 6.01. The van der Waals surface area contributed by atoms with E-state index in [4.69, 9.17) is 4.74 Å². The molecule has 0 amide bonds. The van der Waals surface area contributed by atoms with E-state index >= 15 is 0 Å². The highest BCUT2D eigenvalue weighted by Crippen LogP contribution is 2.34. The zero-order chi connectivity index (χ0) is 11.5. The highest BCUT2D eigenvalue weighted by atomic mass is 32.1. The van der Waals surface area contributed by atoms with Crippen LogP contribution in [-0.2, 0) is 4.74 Å². The molecule has 0 saturated heterocycles. The van der Waals surface area contributed by atoms with Crippen LogP contribution < -0.4 is 5.32 Å². The fourth-order valence-electron chi connectivity index (χ4n) is 2.22. The van der Waals surface area contributed by atoms with E-state index in [9.17, 15) is 0 Å². The maximum Gasteiger partial charge on any atom is 0.0618 e. The normalized spacial score (nSPS) is 19.7. The standard InChI is InChI=1S/C13H21NOS/c1-9-6-7-16-13(9)10(2)14-12(8-15-3)11-4-5-11/h6-7,10-12,14H,4-5,8H2,1-3H3. The Morgan fingerprint density at radius 1 is 1.56 bits per heavy atom. The van der Waals surface area contributed by atoms with Crippen LogP contribution in [0.3, 0.4) is 0 Å². The zero-order valence-corrected chi connectivity index (χ0v) is 11.1. The molecule has 1 N–H and O–H groups in total. The Labute approximate surface area is 102 Å². The molecule has 1 saturated carbocycles. The Morgan fingerprint density at radius 3 is 2.81 bits per heavy atom. The molecule has 0 aliphatic heterocycles. The van der Waals surface area contributed by atoms with Gasteiger partial charge in [-0.3, -0.25) is 0 Å². The molecule has 2 rings (SSSR count). The number of thiophene rings is 1. The SMILES string of the molecule is COCC(NC(C)c1sccc1C)C1CC1. The lowest BCUT2D eigenvalue weighted by Gasteiger charge is -2.22. The van der Waals surface area contributed by atoms with E-state index in [1.54, 1.807) is 7.11 Å². The molecule has 90 valence electrons. The lowest BCUT2D eigenvalue weighted by Crippen LogP contribution is -2.36. The molecule has 2 atom stereocenters. The van der Waals surface area contributed by atoms with Crippen molar-refractivity contribution in [2.45, 2.75) is 38.8 Å². The van der Waals surface area contributed by atoms with Gasteiger partial charge in [0.05, 0.1) is 6.61 Å². The van der Waals surface area contributed by atoms with Crippen molar-refractivity contribution in [1.82, 2.24) is 5.32 Å². The van der Waals surface area contributed by atoms with Gasteiger partial charge in [0.1, 0.15) is 0 Å². The molecule has 1 aromatic heterocycles. The van der Waals surface area contributed by atoms with Gasteiger partial charge in [0.15, 0.2) is 0 Å². The van der Waals surface area contributed by atoms with Crippen molar-refractivity contribution in [2.24, 2.45) is 5.92 Å². The molecule has 0 aromatic carbocycles. The van der Waals surface area contributed by atoms with Crippen molar-refractivity contribution in [2.75, 3.05) is 13.7 Å². The van der Waals surface area contributed by atoms with Crippen molar-refractivity contribution in [3.8, 4) is 0 Å². The second-order valence-electron chi connectivity index (χ2n) is 4.76. The van der Waals surface area contributed by atoms with E-state index in [1.807, 2.05) is 11.3 Å². The fraction of sp³-hybridized carbons (Fsp3) is 0.692. The third-order valence-corrected chi connectivity index (χ3v) is 4.50. The number of methoxy groups -OCH3 is 1. The average molecular weight is 239 g/mol. The van der Waals surface area contributed by atoms with Gasteiger partial charge in [-0.1, -0.05) is 0 Å². The zero-order valence-electron chi connectivity index (χ0n) is 10.3. The van der Waals surface area contributed by atoms with Crippen LogP contribution in [0.4, 0.5) is 0 Å². The van der Waals surface area contributed by atoms with Crippen LogP contribution >= 0.6 is 11.3 Å². The van der Waals surface area contributed by atoms with E-state index in [2.05, 4.69) is 30.6 Å². The number of ether oxygens (including phenoxy) is 1. The van der Waals surface area contributed by atoms with Gasteiger partial charge >= 0.3 is 0 Å². The first kappa shape index (κ1) is 12.1. The minimum Gasteiger partial charge on any atom is -0.383 e. The lowest BCUT2D eigenvalue weighted by molar-refractivity contribution is 0.152. The summed E-state index contributed by atoms with van der Waals surface area (Å²) in [6.45, 7) is 5.27. The fourth-order valence-corrected chi connectivity index (χ4v) is 3.17. The topological polar surface area (TPSA) is 21.3 Å². The Morgan fingerprint density at radius 2 is 2.31 bits per heavy atom. The van der Waals surface area contributed by atoms with Crippen molar-refractivity contribution < 1.29 is 4.74 Å². The molecule has 1 aliphatic carbocycles. The molecule has 1 fully saturated rings. The average Bonchev–Trinajstić information content (AvgIpc) is 3.00. The minimum absolute atomic E-state index is 0.445. The summed E-state index contributed by atoms with van der Waals surface area (Å²) in [4.78, 5) is 1.46. The predicted octanol–water partition coefficient (Wildman–Crippen LogP) is 3.13. The van der Waals surface area contributed by atoms with Gasteiger partial charge < -0.3 is 10.1 Å². The maximum atomic E-state index is 5.29. The van der Waals surface area contributed by atoms with E-state index in [1.165, 1.54) is 23.3 Å². The first-order chi connectivity index (χ1) is 7.72. The van der Waals surface area contributed by atoms with E-state index < -0.39 is 0 Å². The Hall–Kier alpha value is -0.380. The molecule has 2 nitrogen and oxygen atoms in total. The number of rotatable bonds is 6. The highest BCUT2D eigenvalue weighted by molar-refractivity contribution is 7.10. The van der Waals surface area contributed by atoms with Crippen LogP contribution in [0.15, 0.2) is 11.4 Å². The first-order valence-corrected chi connectivity index (χ1v) is 6.89. The van der Waals surface area contributed by atoms with Gasteiger partial charge in [0.25, 0.3) is 0 Å². The summed E-state index contributed by atoms with van der Waals surface area (Å²) >= 11 is 1.85. The van der Waals surface area contributed by atoms with Gasteiger partial charge in [-0.15, -0.1) is 11.3 Å². The second kappa shape index (κ2) is 5.30. The number of hydrogen-bond acceptors (Lipinski definition) is 3. The summed E-state index contributed by atoms with van der Waals surface area (Å²) in [5.74, 6) is 0.836. The van der Waals surface area contributed by atoms with Crippen LogP contribution in [0.25, 0.3) is 0 Å². The summed E-state index contributed by atoms with van der Waals surface area (Å²) in [6.07, 6.45) is 2.72. The van der Waals surface area contributed by atoms with Gasteiger partial charge in [-0.25, -0.2) is 0 Å². The van der Waals surface area contributed by atoms with Crippen LogP contribution in [0, 0.1) is 12.8 Å². The summed E-state index contributed by atoms with van der Waals surface area (Å²) in [5, 5.41) is 5.88. The van der Waals surface area contributed by atoms with E-state index in [0.717, 1.165) is 12.5 Å². The quantitative estimate of drug-likeness (QED) is 0.823. The Bertz CT molecular complexity index is 332. The van der Waals surface area contributed by atoms with Crippen LogP contribution in [-0.4, -0.2) is 19.8 Å². The molecule has 3 heteroatoms. The molecule has 1 aliphatic rings. The van der Waals surface area contributed by atoms with Crippen molar-refractivity contribution in [3.05, 3.63) is 21.9 Å². The second-order valence-corrected chi connectivity index (χ2v) is 5.70. The molecule has 1 heterocycles. The third-order valence-electron chi connectivity index (χ3n) is 3.30. The molecular formula is C13H21NOS. The van der Waals surface area contributed by atoms with Crippen LogP contribution in [0.1, 0.15) is 36.2 Å². The van der Waals surface area contributed by atoms with Crippen molar-refractivity contribution in [1.29, 1.82) is 0 Å². The Kier molecular flexibility index (Phi) is 4.00. The predicted molar refractivity (Wildman–Crippen MR) is 69.0 cm³/mol. The Balaban J connectivity index is 1.94.